The topological polar surface area (TPSA) is 88.4 Å². The van der Waals surface area contributed by atoms with Crippen molar-refractivity contribution in [1.82, 2.24) is 0 Å². The molecule has 6 nitrogen and oxygen atoms in total. The Morgan fingerprint density at radius 1 is 0.327 bits per heavy atom. The highest BCUT2D eigenvalue weighted by Crippen LogP contribution is 2.51. The van der Waals surface area contributed by atoms with Crippen molar-refractivity contribution < 1.29 is 28.9 Å². The van der Waals surface area contributed by atoms with E-state index in [1.807, 2.05) is 36.4 Å². The van der Waals surface area contributed by atoms with E-state index < -0.39 is 8.60 Å². The monoisotopic (exact) mass is 694 g/mol. The van der Waals surface area contributed by atoms with Gasteiger partial charge in [0.15, 0.2) is 0 Å². The molecule has 0 atom stereocenters. The van der Waals surface area contributed by atoms with Crippen LogP contribution in [-0.4, -0.2) is 15.3 Å². The molecule has 0 amide bonds. The van der Waals surface area contributed by atoms with E-state index in [0.29, 0.717) is 17.2 Å². The Hall–Kier alpha value is -3.11. The molecule has 3 rings (SSSR count). The molecule has 0 saturated carbocycles. The van der Waals surface area contributed by atoms with Gasteiger partial charge in [0.05, 0.1) is 0 Å². The molecule has 3 aromatic carbocycles. The highest BCUT2D eigenvalue weighted by atomic mass is 31.2. The van der Waals surface area contributed by atoms with Gasteiger partial charge in [0.1, 0.15) is 34.5 Å². The van der Waals surface area contributed by atoms with Crippen LogP contribution in [0, 0.1) is 0 Å². The van der Waals surface area contributed by atoms with E-state index in [1.54, 1.807) is 0 Å². The molecule has 0 radical (unpaired) electrons. The van der Waals surface area contributed by atoms with Crippen LogP contribution in [0.5, 0.6) is 34.5 Å². The van der Waals surface area contributed by atoms with Gasteiger partial charge in [0, 0.05) is 33.4 Å². The zero-order chi connectivity index (χ0) is 37.9. The molecule has 0 fully saturated rings. The second-order valence-corrected chi connectivity index (χ2v) is 20.6. The van der Waals surface area contributed by atoms with Crippen molar-refractivity contribution in [1.29, 1.82) is 0 Å². The summed E-state index contributed by atoms with van der Waals surface area (Å²) in [6, 6.07) is 11.2. The van der Waals surface area contributed by atoms with E-state index in [4.69, 9.17) is 13.6 Å². The van der Waals surface area contributed by atoms with E-state index >= 15 is 0 Å². The first-order valence-corrected chi connectivity index (χ1v) is 18.4. The van der Waals surface area contributed by atoms with Gasteiger partial charge in [0.25, 0.3) is 0 Å². The van der Waals surface area contributed by atoms with Crippen molar-refractivity contribution in [2.24, 2.45) is 0 Å². The molecule has 0 unspecified atom stereocenters. The van der Waals surface area contributed by atoms with Gasteiger partial charge in [-0.25, -0.2) is 0 Å². The Balaban J connectivity index is 2.33. The lowest BCUT2D eigenvalue weighted by Gasteiger charge is -2.30. The lowest BCUT2D eigenvalue weighted by molar-refractivity contribution is 0.375. The first-order valence-electron chi connectivity index (χ1n) is 17.3. The van der Waals surface area contributed by atoms with Crippen LogP contribution in [0.3, 0.4) is 0 Å². The van der Waals surface area contributed by atoms with Crippen molar-refractivity contribution >= 4 is 8.60 Å². The van der Waals surface area contributed by atoms with E-state index in [-0.39, 0.29) is 49.7 Å². The van der Waals surface area contributed by atoms with Crippen LogP contribution >= 0.6 is 8.60 Å². The quantitative estimate of drug-likeness (QED) is 0.223. The fourth-order valence-corrected chi connectivity index (χ4v) is 6.67. The molecule has 0 spiro atoms. The zero-order valence-corrected chi connectivity index (χ0v) is 34.4. The van der Waals surface area contributed by atoms with Crippen molar-refractivity contribution in [2.75, 3.05) is 0 Å². The molecule has 0 aliphatic heterocycles. The van der Waals surface area contributed by atoms with Gasteiger partial charge in [-0.1, -0.05) is 125 Å². The first-order chi connectivity index (χ1) is 21.8. The van der Waals surface area contributed by atoms with Gasteiger partial charge >= 0.3 is 8.60 Å². The number of phenolic OH excluding ortho intramolecular Hbond substituents is 3. The molecule has 3 aromatic rings. The Bertz CT molecular complexity index is 1360. The number of rotatable bonds is 6. The zero-order valence-electron chi connectivity index (χ0n) is 33.5. The van der Waals surface area contributed by atoms with E-state index in [1.165, 1.54) is 0 Å². The summed E-state index contributed by atoms with van der Waals surface area (Å²) in [6.45, 7) is 37.1. The summed E-state index contributed by atoms with van der Waals surface area (Å²) < 4.78 is 20.1. The van der Waals surface area contributed by atoms with Crippen molar-refractivity contribution in [2.45, 2.75) is 157 Å². The van der Waals surface area contributed by atoms with Crippen molar-refractivity contribution in [3.63, 3.8) is 0 Å². The molecule has 49 heavy (non-hydrogen) atoms. The third-order valence-electron chi connectivity index (χ3n) is 8.64. The summed E-state index contributed by atoms with van der Waals surface area (Å²) in [5, 5.41) is 34.2. The number of hydrogen-bond donors (Lipinski definition) is 3. The number of hydrogen-bond acceptors (Lipinski definition) is 6. The van der Waals surface area contributed by atoms with Crippen LogP contribution in [-0.2, 0) is 32.5 Å². The Labute approximate surface area is 298 Å². The van der Waals surface area contributed by atoms with Crippen molar-refractivity contribution in [3.8, 4) is 34.5 Å². The Morgan fingerprint density at radius 2 is 0.469 bits per heavy atom. The predicted octanol–water partition coefficient (Wildman–Crippen LogP) is 12.4. The molecule has 0 heterocycles. The molecule has 0 saturated heterocycles. The maximum Gasteiger partial charge on any atom is 0.530 e. The molecule has 0 bridgehead atoms. The van der Waals surface area contributed by atoms with Crippen LogP contribution in [0.2, 0.25) is 0 Å². The van der Waals surface area contributed by atoms with Gasteiger partial charge in [-0.15, -0.1) is 0 Å². The summed E-state index contributed by atoms with van der Waals surface area (Å²) in [6.07, 6.45) is 0. The average Bonchev–Trinajstić information content (AvgIpc) is 2.87. The standard InChI is InChI=1S/C42H63O6P/c1-37(2,3)28-19-25(20-29(34(28)43)38(4,5)6)46-49(47-26-21-30(39(7,8)9)35(44)31(22-26)40(10,11)12)48-27-23-32(41(13,14)15)36(45)33(24-27)42(16,17)18/h19-24,43-45H,1-18H3. The molecule has 272 valence electrons. The summed E-state index contributed by atoms with van der Waals surface area (Å²) in [5.74, 6) is 2.29. The predicted molar refractivity (Wildman–Crippen MR) is 205 cm³/mol. The number of phenols is 3. The maximum absolute atomic E-state index is 11.4. The molecular weight excluding hydrogens is 631 g/mol. The molecule has 7 heteroatoms. The van der Waals surface area contributed by atoms with E-state index in [2.05, 4.69) is 125 Å². The second-order valence-electron chi connectivity index (χ2n) is 19.6. The minimum atomic E-state index is -2.15. The van der Waals surface area contributed by atoms with Gasteiger partial charge in [-0.3, -0.25) is 0 Å². The number of benzene rings is 3. The van der Waals surface area contributed by atoms with E-state index in [0.717, 1.165) is 33.4 Å². The Morgan fingerprint density at radius 3 is 0.592 bits per heavy atom. The highest BCUT2D eigenvalue weighted by Gasteiger charge is 2.33. The van der Waals surface area contributed by atoms with Gasteiger partial charge in [0.2, 0.25) is 0 Å². The molecule has 0 aliphatic carbocycles. The average molecular weight is 695 g/mol. The first kappa shape index (κ1) is 40.3. The van der Waals surface area contributed by atoms with Gasteiger partial charge in [-0.05, 0) is 68.9 Å². The normalized spacial score (nSPS) is 13.5. The summed E-state index contributed by atoms with van der Waals surface area (Å²) in [5.41, 5.74) is 2.35. The minimum Gasteiger partial charge on any atom is -0.507 e. The smallest absolute Gasteiger partial charge is 0.507 e. The third-order valence-corrected chi connectivity index (χ3v) is 9.72. The lowest BCUT2D eigenvalue weighted by Crippen LogP contribution is -2.18. The lowest BCUT2D eigenvalue weighted by atomic mass is 9.79. The minimum absolute atomic E-state index is 0.254. The van der Waals surface area contributed by atoms with Gasteiger partial charge in [-0.2, -0.15) is 0 Å². The second kappa shape index (κ2) is 13.2. The summed E-state index contributed by atoms with van der Waals surface area (Å²) >= 11 is 0. The van der Waals surface area contributed by atoms with Crippen molar-refractivity contribution in [3.05, 3.63) is 69.8 Å². The summed E-state index contributed by atoms with van der Waals surface area (Å²) in [4.78, 5) is 0. The van der Waals surface area contributed by atoms with Crippen LogP contribution in [0.25, 0.3) is 0 Å². The van der Waals surface area contributed by atoms with E-state index in [9.17, 15) is 15.3 Å². The highest BCUT2D eigenvalue weighted by molar-refractivity contribution is 7.43. The van der Waals surface area contributed by atoms with Crippen LogP contribution in [0.4, 0.5) is 0 Å². The number of aromatic hydroxyl groups is 3. The van der Waals surface area contributed by atoms with Crippen LogP contribution in [0.1, 0.15) is 158 Å². The maximum atomic E-state index is 11.4. The fourth-order valence-electron chi connectivity index (χ4n) is 5.73. The molecular formula is C42H63O6P. The SMILES string of the molecule is CC(C)(C)c1cc(OP(Oc2cc(C(C)(C)C)c(O)c(C(C)(C)C)c2)Oc2cc(C(C)(C)C)c(O)c(C(C)(C)C)c2)cc(C(C)(C)C)c1O. The fraction of sp³-hybridized carbons (Fsp3) is 0.571. The van der Waals surface area contributed by atoms with Crippen LogP contribution < -0.4 is 13.6 Å². The summed E-state index contributed by atoms with van der Waals surface area (Å²) in [7, 11) is -2.15. The third kappa shape index (κ3) is 9.57. The van der Waals surface area contributed by atoms with Crippen LogP contribution in [0.15, 0.2) is 36.4 Å². The largest absolute Gasteiger partial charge is 0.530 e. The molecule has 0 aliphatic rings. The van der Waals surface area contributed by atoms with Gasteiger partial charge < -0.3 is 28.9 Å². The molecule has 0 aromatic heterocycles. The Kier molecular flexibility index (Phi) is 10.9. The molecule has 3 N–H and O–H groups in total.